The average molecular weight is 614 g/mol. The van der Waals surface area contributed by atoms with Crippen LogP contribution in [-0.2, 0) is 31.3 Å². The molecule has 13 nitrogen and oxygen atoms in total. The Hall–Kier alpha value is -4.31. The summed E-state index contributed by atoms with van der Waals surface area (Å²) >= 11 is 0. The van der Waals surface area contributed by atoms with Crippen LogP contribution in [0.3, 0.4) is 0 Å². The second-order valence-electron chi connectivity index (χ2n) is 9.73. The quantitative estimate of drug-likeness (QED) is 0.197. The van der Waals surface area contributed by atoms with Gasteiger partial charge in [0.15, 0.2) is 0 Å². The SMILES string of the molecule is CC(=O)N1CCN(C(=N)c2cccc(NC(=O)Nc3ccc(S(N)(=O)=O)cc3Cc3ccc(S(N)(=O)=O)cc3)c2)CC1. The second kappa shape index (κ2) is 12.3. The Balaban J connectivity index is 1.49. The zero-order chi connectivity index (χ0) is 30.7. The number of carbonyl (C=O) groups is 2. The number of nitrogens with zero attached hydrogens (tertiary/aromatic N) is 2. The molecular weight excluding hydrogens is 582 g/mol. The van der Waals surface area contributed by atoms with Crippen molar-refractivity contribution in [1.29, 1.82) is 5.41 Å². The summed E-state index contributed by atoms with van der Waals surface area (Å²) < 4.78 is 47.1. The topological polar surface area (TPSA) is 209 Å². The van der Waals surface area contributed by atoms with E-state index in [0.29, 0.717) is 54.2 Å². The number of hydrogen-bond donors (Lipinski definition) is 5. The molecular formula is C27H31N7O6S2. The first kappa shape index (κ1) is 30.6. The van der Waals surface area contributed by atoms with Crippen LogP contribution in [0.5, 0.6) is 0 Å². The van der Waals surface area contributed by atoms with Crippen LogP contribution in [0.15, 0.2) is 76.5 Å². The lowest BCUT2D eigenvalue weighted by Gasteiger charge is -2.35. The molecule has 0 aromatic heterocycles. The van der Waals surface area contributed by atoms with Crippen molar-refractivity contribution in [2.75, 3.05) is 36.8 Å². The van der Waals surface area contributed by atoms with Crippen LogP contribution in [0.4, 0.5) is 16.2 Å². The van der Waals surface area contributed by atoms with Gasteiger partial charge in [0.2, 0.25) is 26.0 Å². The summed E-state index contributed by atoms with van der Waals surface area (Å²) in [5, 5.41) is 24.5. The van der Waals surface area contributed by atoms with Crippen molar-refractivity contribution in [2.24, 2.45) is 10.3 Å². The molecule has 0 spiro atoms. The van der Waals surface area contributed by atoms with E-state index in [-0.39, 0.29) is 28.0 Å². The number of sulfonamides is 2. The second-order valence-corrected chi connectivity index (χ2v) is 12.9. The third kappa shape index (κ3) is 7.70. The van der Waals surface area contributed by atoms with E-state index >= 15 is 0 Å². The number of amidine groups is 1. The number of anilines is 2. The van der Waals surface area contributed by atoms with Gasteiger partial charge in [-0.2, -0.15) is 0 Å². The minimum absolute atomic E-state index is 0.000735. The third-order valence-corrected chi connectivity index (χ3v) is 8.58. The molecule has 1 heterocycles. The summed E-state index contributed by atoms with van der Waals surface area (Å²) in [6.45, 7) is 3.63. The van der Waals surface area contributed by atoms with Crippen LogP contribution in [0.2, 0.25) is 0 Å². The number of nitrogens with two attached hydrogens (primary N) is 2. The summed E-state index contributed by atoms with van der Waals surface area (Å²) in [7, 11) is -7.92. The Labute approximate surface area is 244 Å². The fraction of sp³-hybridized carbons (Fsp3) is 0.222. The molecule has 1 aliphatic heterocycles. The summed E-state index contributed by atoms with van der Waals surface area (Å²) in [6, 6.07) is 16.0. The molecule has 0 radical (unpaired) electrons. The number of amides is 3. The smallest absolute Gasteiger partial charge is 0.323 e. The fourth-order valence-electron chi connectivity index (χ4n) is 4.49. The number of nitrogens with one attached hydrogen (secondary N) is 3. The molecule has 3 amide bonds. The molecule has 0 aliphatic carbocycles. The van der Waals surface area contributed by atoms with Gasteiger partial charge in [0, 0.05) is 50.0 Å². The van der Waals surface area contributed by atoms with E-state index in [2.05, 4.69) is 10.6 Å². The summed E-state index contributed by atoms with van der Waals surface area (Å²) in [6.07, 6.45) is 0.146. The fourth-order valence-corrected chi connectivity index (χ4v) is 5.57. The molecule has 222 valence electrons. The first-order valence-electron chi connectivity index (χ1n) is 12.8. The van der Waals surface area contributed by atoms with Crippen molar-refractivity contribution in [1.82, 2.24) is 9.80 Å². The van der Waals surface area contributed by atoms with Crippen LogP contribution in [0.25, 0.3) is 0 Å². The van der Waals surface area contributed by atoms with Gasteiger partial charge in [-0.25, -0.2) is 31.9 Å². The van der Waals surface area contributed by atoms with Gasteiger partial charge < -0.3 is 20.4 Å². The van der Waals surface area contributed by atoms with E-state index in [1.165, 1.54) is 49.4 Å². The van der Waals surface area contributed by atoms with Gasteiger partial charge in [0.25, 0.3) is 0 Å². The van der Waals surface area contributed by atoms with Gasteiger partial charge in [-0.1, -0.05) is 24.3 Å². The van der Waals surface area contributed by atoms with E-state index in [4.69, 9.17) is 15.7 Å². The molecule has 0 atom stereocenters. The predicted molar refractivity (Wildman–Crippen MR) is 158 cm³/mol. The molecule has 0 unspecified atom stereocenters. The minimum Gasteiger partial charge on any atom is -0.353 e. The molecule has 1 aliphatic rings. The largest absolute Gasteiger partial charge is 0.353 e. The lowest BCUT2D eigenvalue weighted by molar-refractivity contribution is -0.130. The van der Waals surface area contributed by atoms with Gasteiger partial charge in [-0.15, -0.1) is 0 Å². The highest BCUT2D eigenvalue weighted by Gasteiger charge is 2.21. The molecule has 15 heteroatoms. The van der Waals surface area contributed by atoms with E-state index in [1.807, 2.05) is 4.90 Å². The van der Waals surface area contributed by atoms with Crippen LogP contribution in [-0.4, -0.2) is 70.6 Å². The highest BCUT2D eigenvalue weighted by atomic mass is 32.2. The summed E-state index contributed by atoms with van der Waals surface area (Å²) in [5.41, 5.74) is 2.37. The molecule has 1 fully saturated rings. The molecule has 3 aromatic carbocycles. The Morgan fingerprint density at radius 1 is 0.810 bits per heavy atom. The van der Waals surface area contributed by atoms with Crippen molar-refractivity contribution in [3.05, 3.63) is 83.4 Å². The molecule has 0 saturated carbocycles. The van der Waals surface area contributed by atoms with Gasteiger partial charge in [0.1, 0.15) is 5.84 Å². The van der Waals surface area contributed by atoms with Gasteiger partial charge in [-0.3, -0.25) is 10.2 Å². The first-order valence-corrected chi connectivity index (χ1v) is 15.8. The first-order chi connectivity index (χ1) is 19.7. The summed E-state index contributed by atoms with van der Waals surface area (Å²) in [4.78, 5) is 27.9. The Morgan fingerprint density at radius 3 is 2.00 bits per heavy atom. The van der Waals surface area contributed by atoms with E-state index in [9.17, 15) is 26.4 Å². The molecule has 42 heavy (non-hydrogen) atoms. The van der Waals surface area contributed by atoms with Crippen molar-refractivity contribution in [2.45, 2.75) is 23.1 Å². The normalized spacial score (nSPS) is 13.9. The number of primary sulfonamides is 2. The number of benzene rings is 3. The van der Waals surface area contributed by atoms with Gasteiger partial charge in [0.05, 0.1) is 9.79 Å². The van der Waals surface area contributed by atoms with Crippen molar-refractivity contribution in [3.63, 3.8) is 0 Å². The zero-order valence-corrected chi connectivity index (χ0v) is 24.3. The third-order valence-electron chi connectivity index (χ3n) is 6.74. The number of carbonyl (C=O) groups excluding carboxylic acids is 2. The summed E-state index contributed by atoms with van der Waals surface area (Å²) in [5.74, 6) is 0.275. The highest BCUT2D eigenvalue weighted by molar-refractivity contribution is 7.89. The number of urea groups is 1. The van der Waals surface area contributed by atoms with Gasteiger partial charge in [-0.05, 0) is 60.0 Å². The molecule has 0 bridgehead atoms. The maximum absolute atomic E-state index is 13.0. The Kier molecular flexibility index (Phi) is 8.96. The maximum Gasteiger partial charge on any atom is 0.323 e. The lowest BCUT2D eigenvalue weighted by Crippen LogP contribution is -2.50. The van der Waals surface area contributed by atoms with Crippen molar-refractivity contribution < 1.29 is 26.4 Å². The lowest BCUT2D eigenvalue weighted by atomic mass is 10.0. The van der Waals surface area contributed by atoms with E-state index in [0.717, 1.165) is 0 Å². The van der Waals surface area contributed by atoms with Crippen LogP contribution in [0.1, 0.15) is 23.6 Å². The maximum atomic E-state index is 13.0. The van der Waals surface area contributed by atoms with E-state index in [1.54, 1.807) is 29.2 Å². The number of piperazine rings is 1. The predicted octanol–water partition coefficient (Wildman–Crippen LogP) is 1.71. The van der Waals surface area contributed by atoms with Crippen molar-refractivity contribution in [3.8, 4) is 0 Å². The molecule has 7 N–H and O–H groups in total. The number of rotatable bonds is 7. The standard InChI is InChI=1S/C27H31N7O6S2/c1-18(35)33-11-13-34(14-12-33)26(28)20-3-2-4-22(16-20)31-27(36)32-25-10-9-24(42(30,39)40)17-21(25)15-19-5-7-23(8-6-19)41(29,37)38/h2-10,16-17,28H,11-15H2,1H3,(H2,29,37,38)(H2,30,39,40)(H2,31,32,36). The Morgan fingerprint density at radius 2 is 1.40 bits per heavy atom. The Bertz CT molecular complexity index is 1730. The average Bonchev–Trinajstić information content (AvgIpc) is 2.93. The number of hydrogen-bond acceptors (Lipinski definition) is 7. The highest BCUT2D eigenvalue weighted by Crippen LogP contribution is 2.24. The van der Waals surface area contributed by atoms with Gasteiger partial charge >= 0.3 is 6.03 Å². The monoisotopic (exact) mass is 613 g/mol. The van der Waals surface area contributed by atoms with Crippen LogP contribution < -0.4 is 20.9 Å². The zero-order valence-electron chi connectivity index (χ0n) is 22.7. The molecule has 4 rings (SSSR count). The van der Waals surface area contributed by atoms with Crippen molar-refractivity contribution >= 4 is 49.2 Å². The minimum atomic E-state index is -4.03. The van der Waals surface area contributed by atoms with Crippen LogP contribution in [0, 0.1) is 5.41 Å². The molecule has 1 saturated heterocycles. The van der Waals surface area contributed by atoms with E-state index < -0.39 is 26.1 Å². The van der Waals surface area contributed by atoms with Crippen LogP contribution >= 0.6 is 0 Å². The molecule has 3 aromatic rings.